The van der Waals surface area contributed by atoms with E-state index in [1.165, 1.54) is 30.4 Å². The van der Waals surface area contributed by atoms with Crippen molar-refractivity contribution in [3.8, 4) is 0 Å². The van der Waals surface area contributed by atoms with E-state index in [-0.39, 0.29) is 0 Å². The van der Waals surface area contributed by atoms with E-state index >= 15 is 0 Å². The first-order valence-corrected chi connectivity index (χ1v) is 8.51. The molecule has 3 atom stereocenters. The van der Waals surface area contributed by atoms with E-state index in [2.05, 4.69) is 34.7 Å². The standard InChI is InChI=1S/C18H21N3O/c1-2-4-13-12(3-1)10-14-16(13)17(14)18-20-15(21-22-18)9-11-5-7-19-8-6-11/h1-4,11,14,16-17,19H,5-10H2. The Balaban J connectivity index is 1.30. The molecular formula is C18H21N3O. The maximum absolute atomic E-state index is 5.60. The second kappa shape index (κ2) is 4.92. The van der Waals surface area contributed by atoms with Gasteiger partial charge in [-0.1, -0.05) is 29.4 Å². The minimum Gasteiger partial charge on any atom is -0.339 e. The maximum Gasteiger partial charge on any atom is 0.230 e. The van der Waals surface area contributed by atoms with E-state index in [0.29, 0.717) is 23.7 Å². The van der Waals surface area contributed by atoms with Gasteiger partial charge in [-0.05, 0) is 61.2 Å². The summed E-state index contributed by atoms with van der Waals surface area (Å²) in [6.07, 6.45) is 4.61. The first-order valence-electron chi connectivity index (χ1n) is 8.51. The second-order valence-corrected chi connectivity index (χ2v) is 7.06. The molecule has 1 saturated heterocycles. The first-order chi connectivity index (χ1) is 10.9. The molecule has 0 spiro atoms. The molecule has 1 aliphatic heterocycles. The third kappa shape index (κ3) is 2.01. The average Bonchev–Trinajstić information content (AvgIpc) is 2.92. The highest BCUT2D eigenvalue weighted by Gasteiger charge is 2.58. The van der Waals surface area contributed by atoms with E-state index in [4.69, 9.17) is 9.51 Å². The van der Waals surface area contributed by atoms with Crippen molar-refractivity contribution < 1.29 is 4.52 Å². The van der Waals surface area contributed by atoms with E-state index in [1.54, 1.807) is 0 Å². The van der Waals surface area contributed by atoms with Gasteiger partial charge in [0.1, 0.15) is 0 Å². The highest BCUT2D eigenvalue weighted by atomic mass is 16.5. The number of nitrogens with one attached hydrogen (secondary N) is 1. The normalized spacial score (nSPS) is 30.1. The van der Waals surface area contributed by atoms with Crippen LogP contribution in [0.4, 0.5) is 0 Å². The molecule has 22 heavy (non-hydrogen) atoms. The number of hydrogen-bond acceptors (Lipinski definition) is 4. The first kappa shape index (κ1) is 12.8. The molecule has 0 radical (unpaired) electrons. The number of benzene rings is 1. The number of nitrogens with zero attached hydrogens (tertiary/aromatic N) is 2. The number of hydrogen-bond donors (Lipinski definition) is 1. The number of piperidine rings is 1. The minimum atomic E-state index is 0.476. The quantitative estimate of drug-likeness (QED) is 0.946. The van der Waals surface area contributed by atoms with Crippen LogP contribution in [0.5, 0.6) is 0 Å². The van der Waals surface area contributed by atoms with E-state index in [1.807, 2.05) is 0 Å². The van der Waals surface area contributed by atoms with E-state index in [0.717, 1.165) is 31.2 Å². The summed E-state index contributed by atoms with van der Waals surface area (Å²) >= 11 is 0. The van der Waals surface area contributed by atoms with Crippen LogP contribution in [0, 0.1) is 11.8 Å². The minimum absolute atomic E-state index is 0.476. The smallest absolute Gasteiger partial charge is 0.230 e. The molecule has 2 fully saturated rings. The Morgan fingerprint density at radius 1 is 1.14 bits per heavy atom. The molecule has 2 heterocycles. The SMILES string of the molecule is c1ccc2c(c1)CC1C(c3nc(CC4CCNCC4)no3)C21. The monoisotopic (exact) mass is 295 g/mol. The molecule has 0 bridgehead atoms. The summed E-state index contributed by atoms with van der Waals surface area (Å²) in [5.74, 6) is 4.32. The summed E-state index contributed by atoms with van der Waals surface area (Å²) in [5.41, 5.74) is 3.03. The van der Waals surface area contributed by atoms with Crippen molar-refractivity contribution >= 4 is 0 Å². The van der Waals surface area contributed by atoms with Gasteiger partial charge in [0, 0.05) is 12.3 Å². The summed E-state index contributed by atoms with van der Waals surface area (Å²) in [6.45, 7) is 2.25. The van der Waals surface area contributed by atoms with Gasteiger partial charge in [-0.2, -0.15) is 4.98 Å². The van der Waals surface area contributed by atoms with Crippen molar-refractivity contribution in [1.29, 1.82) is 0 Å². The highest BCUT2D eigenvalue weighted by molar-refractivity contribution is 5.46. The van der Waals surface area contributed by atoms with Crippen molar-refractivity contribution in [2.75, 3.05) is 13.1 Å². The van der Waals surface area contributed by atoms with Crippen LogP contribution >= 0.6 is 0 Å². The molecule has 3 unspecified atom stereocenters. The molecule has 0 amide bonds. The molecular weight excluding hydrogens is 274 g/mol. The van der Waals surface area contributed by atoms with Crippen LogP contribution < -0.4 is 5.32 Å². The molecule has 4 nitrogen and oxygen atoms in total. The maximum atomic E-state index is 5.60. The molecule has 1 aromatic carbocycles. The van der Waals surface area contributed by atoms with Crippen molar-refractivity contribution in [2.24, 2.45) is 11.8 Å². The second-order valence-electron chi connectivity index (χ2n) is 7.06. The lowest BCUT2D eigenvalue weighted by Crippen LogP contribution is -2.28. The van der Waals surface area contributed by atoms with Gasteiger partial charge in [-0.15, -0.1) is 0 Å². The lowest BCUT2D eigenvalue weighted by atomic mass is 9.94. The van der Waals surface area contributed by atoms with Crippen molar-refractivity contribution in [2.45, 2.75) is 37.5 Å². The Labute approximate surface area is 130 Å². The summed E-state index contributed by atoms with van der Waals surface area (Å²) in [5, 5.41) is 7.65. The van der Waals surface area contributed by atoms with Crippen LogP contribution in [0.1, 0.15) is 47.5 Å². The van der Waals surface area contributed by atoms with Gasteiger partial charge in [-0.25, -0.2) is 0 Å². The largest absolute Gasteiger partial charge is 0.339 e. The summed E-state index contributed by atoms with van der Waals surface area (Å²) in [4.78, 5) is 4.72. The fraction of sp³-hybridized carbons (Fsp3) is 0.556. The summed E-state index contributed by atoms with van der Waals surface area (Å²) < 4.78 is 5.60. The highest BCUT2D eigenvalue weighted by Crippen LogP contribution is 2.66. The van der Waals surface area contributed by atoms with Gasteiger partial charge in [0.2, 0.25) is 5.89 Å². The predicted molar refractivity (Wildman–Crippen MR) is 82.7 cm³/mol. The predicted octanol–water partition coefficient (Wildman–Crippen LogP) is 2.67. The third-order valence-electron chi connectivity index (χ3n) is 5.74. The van der Waals surface area contributed by atoms with Gasteiger partial charge in [0.25, 0.3) is 0 Å². The fourth-order valence-corrected chi connectivity index (χ4v) is 4.52. The Hall–Kier alpha value is -1.68. The zero-order valence-electron chi connectivity index (χ0n) is 12.7. The number of rotatable bonds is 3. The topological polar surface area (TPSA) is 51.0 Å². The summed E-state index contributed by atoms with van der Waals surface area (Å²) in [6, 6.07) is 8.82. The lowest BCUT2D eigenvalue weighted by molar-refractivity contribution is 0.345. The van der Waals surface area contributed by atoms with Crippen LogP contribution in [0.25, 0.3) is 0 Å². The van der Waals surface area contributed by atoms with Gasteiger partial charge in [-0.3, -0.25) is 0 Å². The van der Waals surface area contributed by atoms with E-state index in [9.17, 15) is 0 Å². The van der Waals surface area contributed by atoms with Crippen molar-refractivity contribution in [3.63, 3.8) is 0 Å². The Morgan fingerprint density at radius 3 is 2.91 bits per heavy atom. The Kier molecular flexibility index (Phi) is 2.87. The van der Waals surface area contributed by atoms with Gasteiger partial charge in [0.15, 0.2) is 5.82 Å². The zero-order valence-corrected chi connectivity index (χ0v) is 12.7. The van der Waals surface area contributed by atoms with Crippen molar-refractivity contribution in [3.05, 3.63) is 47.1 Å². The molecule has 1 saturated carbocycles. The molecule has 2 aromatic rings. The molecule has 3 aliphatic rings. The van der Waals surface area contributed by atoms with Gasteiger partial charge < -0.3 is 9.84 Å². The van der Waals surface area contributed by atoms with Crippen molar-refractivity contribution in [1.82, 2.24) is 15.5 Å². The van der Waals surface area contributed by atoms with E-state index < -0.39 is 0 Å². The van der Waals surface area contributed by atoms with Crippen LogP contribution in [0.15, 0.2) is 28.8 Å². The Bertz CT molecular complexity index is 689. The molecule has 4 heteroatoms. The molecule has 1 N–H and O–H groups in total. The van der Waals surface area contributed by atoms with Crippen LogP contribution in [-0.2, 0) is 12.8 Å². The lowest BCUT2D eigenvalue weighted by Gasteiger charge is -2.20. The van der Waals surface area contributed by atoms with Gasteiger partial charge >= 0.3 is 0 Å². The van der Waals surface area contributed by atoms with Crippen LogP contribution in [0.3, 0.4) is 0 Å². The molecule has 1 aromatic heterocycles. The molecule has 2 aliphatic carbocycles. The number of aromatic nitrogens is 2. The third-order valence-corrected chi connectivity index (χ3v) is 5.74. The molecule has 5 rings (SSSR count). The average molecular weight is 295 g/mol. The fourth-order valence-electron chi connectivity index (χ4n) is 4.52. The zero-order chi connectivity index (χ0) is 14.5. The molecule has 114 valence electrons. The van der Waals surface area contributed by atoms with Gasteiger partial charge in [0.05, 0.1) is 0 Å². The van der Waals surface area contributed by atoms with Crippen LogP contribution in [-0.4, -0.2) is 23.2 Å². The van der Waals surface area contributed by atoms with Crippen LogP contribution in [0.2, 0.25) is 0 Å². The summed E-state index contributed by atoms with van der Waals surface area (Å²) in [7, 11) is 0. The number of fused-ring (bicyclic) bond motifs is 3. The Morgan fingerprint density at radius 2 is 2.00 bits per heavy atom.